The van der Waals surface area contributed by atoms with E-state index in [0.717, 1.165) is 38.5 Å². The van der Waals surface area contributed by atoms with Crippen LogP contribution in [0.3, 0.4) is 0 Å². The minimum absolute atomic E-state index is 0.00124. The Morgan fingerprint density at radius 1 is 1.44 bits per heavy atom. The molecule has 18 heavy (non-hydrogen) atoms. The predicted molar refractivity (Wildman–Crippen MR) is 69.9 cm³/mol. The van der Waals surface area contributed by atoms with E-state index in [0.29, 0.717) is 6.42 Å². The Kier molecular flexibility index (Phi) is 4.04. The van der Waals surface area contributed by atoms with Gasteiger partial charge in [-0.05, 0) is 39.0 Å². The molecule has 0 unspecified atom stereocenters. The number of rotatable bonds is 2. The van der Waals surface area contributed by atoms with Crippen LogP contribution < -0.4 is 10.6 Å². The van der Waals surface area contributed by atoms with Crippen LogP contribution in [0.15, 0.2) is 12.2 Å². The van der Waals surface area contributed by atoms with Crippen LogP contribution >= 0.6 is 0 Å². The van der Waals surface area contributed by atoms with E-state index in [9.17, 15) is 9.59 Å². The molecule has 1 heterocycles. The summed E-state index contributed by atoms with van der Waals surface area (Å²) in [5, 5.41) is 5.92. The molecule has 0 aromatic carbocycles. The molecule has 0 aromatic rings. The van der Waals surface area contributed by atoms with Crippen molar-refractivity contribution in [1.29, 1.82) is 0 Å². The van der Waals surface area contributed by atoms with Crippen molar-refractivity contribution < 1.29 is 9.59 Å². The summed E-state index contributed by atoms with van der Waals surface area (Å²) in [6.07, 6.45) is 10.2. The Hall–Kier alpha value is -1.32. The molecule has 2 amide bonds. The van der Waals surface area contributed by atoms with E-state index in [2.05, 4.69) is 29.7 Å². The lowest BCUT2D eigenvalue weighted by molar-refractivity contribution is -0.129. The van der Waals surface area contributed by atoms with Crippen LogP contribution in [0.2, 0.25) is 0 Å². The van der Waals surface area contributed by atoms with Gasteiger partial charge in [-0.15, -0.1) is 0 Å². The van der Waals surface area contributed by atoms with Gasteiger partial charge < -0.3 is 10.6 Å². The largest absolute Gasteiger partial charge is 0.349 e. The van der Waals surface area contributed by atoms with E-state index in [1.54, 1.807) is 0 Å². The fourth-order valence-electron chi connectivity index (χ4n) is 2.63. The molecule has 0 aromatic heterocycles. The van der Waals surface area contributed by atoms with Crippen molar-refractivity contribution in [3.63, 3.8) is 0 Å². The molecule has 4 nitrogen and oxygen atoms in total. The van der Waals surface area contributed by atoms with Gasteiger partial charge in [-0.2, -0.15) is 0 Å². The molecule has 2 N–H and O–H groups in total. The van der Waals surface area contributed by atoms with Gasteiger partial charge in [0.25, 0.3) is 0 Å². The maximum absolute atomic E-state index is 12.2. The first-order valence-corrected chi connectivity index (χ1v) is 6.85. The van der Waals surface area contributed by atoms with Crippen LogP contribution in [-0.2, 0) is 9.59 Å². The van der Waals surface area contributed by atoms with Gasteiger partial charge in [0.15, 0.2) is 0 Å². The maximum atomic E-state index is 12.2. The highest BCUT2D eigenvalue weighted by Gasteiger charge is 2.30. The Labute approximate surface area is 108 Å². The summed E-state index contributed by atoms with van der Waals surface area (Å²) in [5.41, 5.74) is -0.150. The van der Waals surface area contributed by atoms with Gasteiger partial charge >= 0.3 is 0 Å². The average molecular weight is 250 g/mol. The summed E-state index contributed by atoms with van der Waals surface area (Å²) in [6, 6.07) is -0.345. The molecule has 2 aliphatic rings. The summed E-state index contributed by atoms with van der Waals surface area (Å²) >= 11 is 0. The smallest absolute Gasteiger partial charge is 0.243 e. The first kappa shape index (κ1) is 13.1. The van der Waals surface area contributed by atoms with Crippen molar-refractivity contribution in [1.82, 2.24) is 10.6 Å². The molecule has 2 atom stereocenters. The van der Waals surface area contributed by atoms with Gasteiger partial charge in [0, 0.05) is 12.0 Å². The van der Waals surface area contributed by atoms with Crippen molar-refractivity contribution in [2.45, 2.75) is 63.5 Å². The van der Waals surface area contributed by atoms with Crippen molar-refractivity contribution in [2.24, 2.45) is 0 Å². The van der Waals surface area contributed by atoms with Gasteiger partial charge in [0.05, 0.1) is 0 Å². The molecule has 0 radical (unpaired) electrons. The number of hydrogen-bond acceptors (Lipinski definition) is 2. The minimum Gasteiger partial charge on any atom is -0.349 e. The third kappa shape index (κ3) is 3.34. The zero-order valence-electron chi connectivity index (χ0n) is 11.0. The number of amides is 2. The molecular formula is C14H22N2O2. The summed E-state index contributed by atoms with van der Waals surface area (Å²) in [6.45, 7) is 2.08. The Morgan fingerprint density at radius 3 is 3.00 bits per heavy atom. The van der Waals surface area contributed by atoms with Gasteiger partial charge in [-0.3, -0.25) is 9.59 Å². The first-order chi connectivity index (χ1) is 8.59. The molecule has 2 rings (SSSR count). The molecule has 4 heteroatoms. The van der Waals surface area contributed by atoms with Crippen LogP contribution in [0.25, 0.3) is 0 Å². The van der Waals surface area contributed by atoms with E-state index in [4.69, 9.17) is 0 Å². The van der Waals surface area contributed by atoms with Crippen molar-refractivity contribution in [3.8, 4) is 0 Å². The van der Waals surface area contributed by atoms with Crippen molar-refractivity contribution in [3.05, 3.63) is 12.2 Å². The normalized spacial score (nSPS) is 32.5. The van der Waals surface area contributed by atoms with E-state index in [1.807, 2.05) is 0 Å². The highest BCUT2D eigenvalue weighted by Crippen LogP contribution is 2.23. The van der Waals surface area contributed by atoms with Gasteiger partial charge in [-0.1, -0.05) is 18.6 Å². The Balaban J connectivity index is 1.94. The standard InChI is InChI=1S/C14H22N2O2/c1-14(9-5-2-6-10-14)16-13(18)11-7-3-4-8-12(17)15-11/h2,5,11H,3-4,6-10H2,1H3,(H,15,17)(H,16,18)/t11-,14-/m1/s1. The molecule has 0 spiro atoms. The minimum atomic E-state index is -0.345. The summed E-state index contributed by atoms with van der Waals surface area (Å²) in [7, 11) is 0. The number of allylic oxidation sites excluding steroid dienone is 1. The third-order valence-electron chi connectivity index (χ3n) is 3.82. The zero-order valence-corrected chi connectivity index (χ0v) is 11.0. The lowest BCUT2D eigenvalue weighted by Gasteiger charge is -2.33. The molecular weight excluding hydrogens is 228 g/mol. The van der Waals surface area contributed by atoms with Gasteiger partial charge in [0.1, 0.15) is 6.04 Å². The summed E-state index contributed by atoms with van der Waals surface area (Å²) in [4.78, 5) is 23.7. The predicted octanol–water partition coefficient (Wildman–Crippen LogP) is 1.66. The second-order valence-electron chi connectivity index (χ2n) is 5.63. The van der Waals surface area contributed by atoms with E-state index in [-0.39, 0.29) is 23.4 Å². The van der Waals surface area contributed by atoms with Crippen LogP contribution in [0.5, 0.6) is 0 Å². The van der Waals surface area contributed by atoms with Crippen LogP contribution in [0, 0.1) is 0 Å². The first-order valence-electron chi connectivity index (χ1n) is 6.85. The zero-order chi connectivity index (χ0) is 13.0. The SMILES string of the molecule is C[C@@]1(NC(=O)[C@H]2CCCCC(=O)N2)CC=CCC1. The fraction of sp³-hybridized carbons (Fsp3) is 0.714. The monoisotopic (exact) mass is 250 g/mol. The molecule has 1 aliphatic heterocycles. The quantitative estimate of drug-likeness (QED) is 0.732. The number of carbonyl (C=O) groups excluding carboxylic acids is 2. The molecule has 100 valence electrons. The lowest BCUT2D eigenvalue weighted by Crippen LogP contribution is -2.54. The third-order valence-corrected chi connectivity index (χ3v) is 3.82. The lowest BCUT2D eigenvalue weighted by atomic mass is 9.87. The van der Waals surface area contributed by atoms with E-state index >= 15 is 0 Å². The molecule has 0 saturated carbocycles. The molecule has 1 saturated heterocycles. The van der Waals surface area contributed by atoms with Crippen molar-refractivity contribution in [2.75, 3.05) is 0 Å². The van der Waals surface area contributed by atoms with Crippen LogP contribution in [0.1, 0.15) is 51.9 Å². The second kappa shape index (κ2) is 5.55. The second-order valence-corrected chi connectivity index (χ2v) is 5.63. The van der Waals surface area contributed by atoms with Crippen LogP contribution in [-0.4, -0.2) is 23.4 Å². The highest BCUT2D eigenvalue weighted by molar-refractivity contribution is 5.88. The van der Waals surface area contributed by atoms with E-state index < -0.39 is 0 Å². The van der Waals surface area contributed by atoms with Crippen LogP contribution in [0.4, 0.5) is 0 Å². The van der Waals surface area contributed by atoms with E-state index in [1.165, 1.54) is 0 Å². The highest BCUT2D eigenvalue weighted by atomic mass is 16.2. The topological polar surface area (TPSA) is 58.2 Å². The molecule has 0 bridgehead atoms. The van der Waals surface area contributed by atoms with Gasteiger partial charge in [0.2, 0.25) is 11.8 Å². The fourth-order valence-corrected chi connectivity index (χ4v) is 2.63. The summed E-state index contributed by atoms with van der Waals surface area (Å²) in [5.74, 6) is -0.0237. The van der Waals surface area contributed by atoms with Crippen molar-refractivity contribution >= 4 is 11.8 Å². The molecule has 1 fully saturated rings. The number of nitrogens with one attached hydrogen (secondary N) is 2. The number of hydrogen-bond donors (Lipinski definition) is 2. The number of carbonyl (C=O) groups is 2. The van der Waals surface area contributed by atoms with Gasteiger partial charge in [-0.25, -0.2) is 0 Å². The molecule has 1 aliphatic carbocycles. The Morgan fingerprint density at radius 2 is 2.28 bits per heavy atom. The average Bonchev–Trinajstić information content (AvgIpc) is 2.54. The summed E-state index contributed by atoms with van der Waals surface area (Å²) < 4.78 is 0. The maximum Gasteiger partial charge on any atom is 0.243 e. The Bertz CT molecular complexity index is 365.